The van der Waals surface area contributed by atoms with Crippen LogP contribution in [-0.4, -0.2) is 111 Å². The molecule has 1 aromatic carbocycles. The summed E-state index contributed by atoms with van der Waals surface area (Å²) in [5, 5.41) is 8.27. The van der Waals surface area contributed by atoms with Crippen LogP contribution in [0.5, 0.6) is 0 Å². The van der Waals surface area contributed by atoms with E-state index in [-0.39, 0.29) is 49.4 Å². The Bertz CT molecular complexity index is 1690. The van der Waals surface area contributed by atoms with Gasteiger partial charge in [-0.25, -0.2) is 19.2 Å². The monoisotopic (exact) mass is 708 g/mol. The molecule has 0 bridgehead atoms. The number of alkyl carbamates (subject to hydrolysis) is 2. The molecule has 1 aromatic heterocycles. The molecule has 15 nitrogen and oxygen atoms in total. The van der Waals surface area contributed by atoms with Crippen LogP contribution >= 0.6 is 0 Å². The Labute approximate surface area is 299 Å². The SMILES string of the molecule is CC(C)(C)OC(=O)NCC12CC1CN(Cc1ccc(-n3ccc(NC(=O)N4CCN(C(=O)C(C)(C)NC(=O)OC(C)(C)C)CC4)nc3=O)cc1)C2. The number of nitrogens with one attached hydrogen (secondary N) is 3. The number of anilines is 1. The molecule has 2 saturated heterocycles. The number of piperidine rings is 1. The van der Waals surface area contributed by atoms with Gasteiger partial charge in [-0.15, -0.1) is 0 Å². The van der Waals surface area contributed by atoms with Crippen molar-refractivity contribution in [3.05, 3.63) is 52.6 Å². The second kappa shape index (κ2) is 14.2. The summed E-state index contributed by atoms with van der Waals surface area (Å²) in [5.74, 6) is 0.412. The molecule has 5 amide bonds. The normalized spacial score (nSPS) is 20.7. The number of likely N-dealkylation sites (tertiary alicyclic amines) is 1. The molecule has 2 unspecified atom stereocenters. The fourth-order valence-corrected chi connectivity index (χ4v) is 6.66. The van der Waals surface area contributed by atoms with Crippen LogP contribution in [0.3, 0.4) is 0 Å². The van der Waals surface area contributed by atoms with Crippen molar-refractivity contribution in [2.45, 2.75) is 85.1 Å². The third-order valence-electron chi connectivity index (χ3n) is 9.22. The Morgan fingerprint density at radius 3 is 2.08 bits per heavy atom. The zero-order chi connectivity index (χ0) is 37.4. The number of aromatic nitrogens is 2. The maximum Gasteiger partial charge on any atom is 0.408 e. The van der Waals surface area contributed by atoms with Gasteiger partial charge < -0.3 is 29.9 Å². The maximum absolute atomic E-state index is 13.1. The molecule has 3 aliphatic rings. The molecule has 15 heteroatoms. The Hall–Kier alpha value is -4.66. The quantitative estimate of drug-likeness (QED) is 0.372. The lowest BCUT2D eigenvalue weighted by atomic mass is 10.0. The highest BCUT2D eigenvalue weighted by molar-refractivity contribution is 5.90. The smallest absolute Gasteiger partial charge is 0.408 e. The Morgan fingerprint density at radius 1 is 0.863 bits per heavy atom. The predicted octanol–water partition coefficient (Wildman–Crippen LogP) is 3.56. The molecule has 2 aliphatic heterocycles. The first-order chi connectivity index (χ1) is 23.7. The van der Waals surface area contributed by atoms with Crippen LogP contribution in [0.2, 0.25) is 0 Å². The van der Waals surface area contributed by atoms with E-state index >= 15 is 0 Å². The van der Waals surface area contributed by atoms with Crippen LogP contribution in [-0.2, 0) is 20.8 Å². The van der Waals surface area contributed by atoms with Crippen LogP contribution in [0, 0.1) is 11.3 Å². The second-order valence-corrected chi connectivity index (χ2v) is 16.4. The van der Waals surface area contributed by atoms with Gasteiger partial charge in [0, 0.05) is 64.0 Å². The van der Waals surface area contributed by atoms with Gasteiger partial charge in [0.1, 0.15) is 22.6 Å². The third-order valence-corrected chi connectivity index (χ3v) is 9.22. The lowest BCUT2D eigenvalue weighted by molar-refractivity contribution is -0.138. The van der Waals surface area contributed by atoms with E-state index in [4.69, 9.17) is 9.47 Å². The van der Waals surface area contributed by atoms with Crippen LogP contribution in [0.1, 0.15) is 67.4 Å². The van der Waals surface area contributed by atoms with Gasteiger partial charge in [-0.3, -0.25) is 19.6 Å². The topological polar surface area (TPSA) is 167 Å². The summed E-state index contributed by atoms with van der Waals surface area (Å²) in [6.07, 6.45) is 1.63. The molecule has 5 rings (SSSR count). The van der Waals surface area contributed by atoms with E-state index in [0.29, 0.717) is 18.2 Å². The summed E-state index contributed by atoms with van der Waals surface area (Å²) in [6.45, 7) is 18.4. The molecule has 278 valence electrons. The number of fused-ring (bicyclic) bond motifs is 1. The molecule has 0 radical (unpaired) electrons. The molecule has 0 spiro atoms. The standard InChI is InChI=1S/C36H52N8O7/c1-33(2,3)50-31(48)37-22-36-19-25(36)21-41(23-36)20-24-9-11-26(12-10-24)44-14-13-27(39-30(44)47)38-29(46)43-17-15-42(16-18-43)28(45)35(7,8)40-32(49)51-34(4,5)6/h9-14,25H,15-23H2,1-8H3,(H,37,48)(H,40,49)(H,38,39,46,47). The van der Waals surface area contributed by atoms with E-state index in [1.54, 1.807) is 56.7 Å². The van der Waals surface area contributed by atoms with Crippen molar-refractivity contribution in [3.8, 4) is 5.69 Å². The minimum absolute atomic E-state index is 0.111. The van der Waals surface area contributed by atoms with Gasteiger partial charge in [0.2, 0.25) is 5.91 Å². The number of nitrogens with zero attached hydrogens (tertiary/aromatic N) is 5. The van der Waals surface area contributed by atoms with Gasteiger partial charge in [-0.2, -0.15) is 4.98 Å². The Kier molecular flexibility index (Phi) is 10.4. The van der Waals surface area contributed by atoms with Crippen LogP contribution in [0.15, 0.2) is 41.3 Å². The first-order valence-electron chi connectivity index (χ1n) is 17.5. The van der Waals surface area contributed by atoms with Crippen molar-refractivity contribution in [3.63, 3.8) is 0 Å². The fraction of sp³-hybridized carbons (Fsp3) is 0.611. The largest absolute Gasteiger partial charge is 0.444 e. The first kappa shape index (κ1) is 37.6. The average molecular weight is 709 g/mol. The molecule has 2 aromatic rings. The summed E-state index contributed by atoms with van der Waals surface area (Å²) in [7, 11) is 0. The van der Waals surface area contributed by atoms with Crippen molar-refractivity contribution in [1.29, 1.82) is 0 Å². The minimum atomic E-state index is -1.19. The van der Waals surface area contributed by atoms with Gasteiger partial charge >= 0.3 is 23.9 Å². The maximum atomic E-state index is 13.1. The first-order valence-corrected chi connectivity index (χ1v) is 17.5. The third kappa shape index (κ3) is 9.78. The average Bonchev–Trinajstić information content (AvgIpc) is 3.57. The van der Waals surface area contributed by atoms with E-state index in [1.807, 2.05) is 45.0 Å². The number of carbonyl (C=O) groups is 4. The van der Waals surface area contributed by atoms with E-state index in [2.05, 4.69) is 25.8 Å². The predicted molar refractivity (Wildman–Crippen MR) is 191 cm³/mol. The summed E-state index contributed by atoms with van der Waals surface area (Å²) < 4.78 is 12.1. The van der Waals surface area contributed by atoms with Crippen molar-refractivity contribution >= 4 is 29.9 Å². The lowest BCUT2D eigenvalue weighted by Crippen LogP contribution is -2.60. The number of rotatable bonds is 8. The van der Waals surface area contributed by atoms with Crippen LogP contribution in [0.4, 0.5) is 20.2 Å². The van der Waals surface area contributed by atoms with Gasteiger partial charge in [-0.1, -0.05) is 12.1 Å². The molecule has 2 atom stereocenters. The highest BCUT2D eigenvalue weighted by atomic mass is 16.6. The number of hydrogen-bond acceptors (Lipinski definition) is 9. The van der Waals surface area contributed by atoms with Crippen molar-refractivity contribution in [2.75, 3.05) is 51.1 Å². The van der Waals surface area contributed by atoms with Gasteiger partial charge in [0.15, 0.2) is 0 Å². The van der Waals surface area contributed by atoms with Crippen LogP contribution in [0.25, 0.3) is 5.69 Å². The molecule has 3 heterocycles. The summed E-state index contributed by atoms with van der Waals surface area (Å²) >= 11 is 0. The lowest BCUT2D eigenvalue weighted by Gasteiger charge is -2.38. The van der Waals surface area contributed by atoms with Crippen LogP contribution < -0.4 is 21.6 Å². The van der Waals surface area contributed by atoms with E-state index < -0.39 is 34.6 Å². The number of amides is 5. The number of ether oxygens (including phenoxy) is 2. The van der Waals surface area contributed by atoms with Crippen molar-refractivity contribution in [1.82, 2.24) is 34.9 Å². The summed E-state index contributed by atoms with van der Waals surface area (Å²) in [4.78, 5) is 73.1. The molecular formula is C36H52N8O7. The summed E-state index contributed by atoms with van der Waals surface area (Å²) in [5.41, 5.74) is -1.06. The zero-order valence-corrected chi connectivity index (χ0v) is 31.0. The van der Waals surface area contributed by atoms with Crippen molar-refractivity contribution < 1.29 is 28.7 Å². The Balaban J connectivity index is 1.08. The number of hydrogen-bond donors (Lipinski definition) is 3. The molecule has 3 fully saturated rings. The molecule has 3 N–H and O–H groups in total. The molecule has 1 aliphatic carbocycles. The van der Waals surface area contributed by atoms with Crippen molar-refractivity contribution in [2.24, 2.45) is 11.3 Å². The number of benzene rings is 1. The highest BCUT2D eigenvalue weighted by Gasteiger charge is 2.59. The molecular weight excluding hydrogens is 656 g/mol. The van der Waals surface area contributed by atoms with E-state index in [9.17, 15) is 24.0 Å². The highest BCUT2D eigenvalue weighted by Crippen LogP contribution is 2.57. The van der Waals surface area contributed by atoms with Gasteiger partial charge in [-0.05, 0) is 91.5 Å². The molecule has 1 saturated carbocycles. The fourth-order valence-electron chi connectivity index (χ4n) is 6.66. The van der Waals surface area contributed by atoms with E-state index in [1.165, 1.54) is 4.57 Å². The minimum Gasteiger partial charge on any atom is -0.444 e. The number of carbonyl (C=O) groups excluding carboxylic acids is 4. The van der Waals surface area contributed by atoms with Gasteiger partial charge in [0.05, 0.1) is 5.69 Å². The zero-order valence-electron chi connectivity index (χ0n) is 31.0. The molecule has 51 heavy (non-hydrogen) atoms. The summed E-state index contributed by atoms with van der Waals surface area (Å²) in [6, 6.07) is 8.87. The second-order valence-electron chi connectivity index (χ2n) is 16.4. The Morgan fingerprint density at radius 2 is 1.47 bits per heavy atom. The number of urea groups is 1. The van der Waals surface area contributed by atoms with Gasteiger partial charge in [0.25, 0.3) is 0 Å². The number of piperazine rings is 1. The van der Waals surface area contributed by atoms with E-state index in [0.717, 1.165) is 31.6 Å².